The number of amides is 1. The second kappa shape index (κ2) is 7.16. The van der Waals surface area contributed by atoms with E-state index in [4.69, 9.17) is 10.1 Å². The summed E-state index contributed by atoms with van der Waals surface area (Å²) in [6.45, 7) is 5.65. The second-order valence-corrected chi connectivity index (χ2v) is 3.99. The average molecular weight is 258 g/mol. The Morgan fingerprint density at radius 3 is 2.84 bits per heavy atom. The lowest BCUT2D eigenvalue weighted by Gasteiger charge is -2.12. The number of benzene rings is 1. The van der Waals surface area contributed by atoms with Gasteiger partial charge in [-0.2, -0.15) is 0 Å². The van der Waals surface area contributed by atoms with Crippen molar-refractivity contribution in [3.05, 3.63) is 54.6 Å². The molecule has 0 saturated carbocycles. The van der Waals surface area contributed by atoms with Gasteiger partial charge in [0.05, 0.1) is 0 Å². The molecule has 2 N–H and O–H groups in total. The average Bonchev–Trinajstić information content (AvgIpc) is 2.42. The van der Waals surface area contributed by atoms with Gasteiger partial charge in [-0.3, -0.25) is 10.2 Å². The highest BCUT2D eigenvalue weighted by Gasteiger charge is 2.05. The Balaban J connectivity index is 2.69. The lowest BCUT2D eigenvalue weighted by atomic mass is 10.2. The predicted octanol–water partition coefficient (Wildman–Crippen LogP) is 2.25. The van der Waals surface area contributed by atoms with Gasteiger partial charge in [0.25, 0.3) is 5.91 Å². The van der Waals surface area contributed by atoms with E-state index in [1.54, 1.807) is 12.2 Å². The van der Waals surface area contributed by atoms with Gasteiger partial charge in [-0.1, -0.05) is 18.7 Å². The molecule has 19 heavy (non-hydrogen) atoms. The molecular formula is C15H18N2O2. The Kier molecular flexibility index (Phi) is 5.54. The smallest absolute Gasteiger partial charge is 0.268 e. The first-order valence-electron chi connectivity index (χ1n) is 5.91. The predicted molar refractivity (Wildman–Crippen MR) is 76.7 cm³/mol. The summed E-state index contributed by atoms with van der Waals surface area (Å²) in [5.41, 5.74) is 0.976. The van der Waals surface area contributed by atoms with Gasteiger partial charge in [-0.05, 0) is 42.8 Å². The molecule has 0 aliphatic carbocycles. The maximum absolute atomic E-state index is 11.2. The summed E-state index contributed by atoms with van der Waals surface area (Å²) in [7, 11) is 1.49. The van der Waals surface area contributed by atoms with E-state index in [0.29, 0.717) is 0 Å². The number of rotatable bonds is 6. The SMILES string of the molecule is C=CC(C=CC(=N)C(=O)NC)Oc1cccc(C)c1. The van der Waals surface area contributed by atoms with Crippen molar-refractivity contribution in [1.82, 2.24) is 5.32 Å². The van der Waals surface area contributed by atoms with Crippen LogP contribution in [0.4, 0.5) is 0 Å². The van der Waals surface area contributed by atoms with E-state index in [-0.39, 0.29) is 11.8 Å². The van der Waals surface area contributed by atoms with Crippen molar-refractivity contribution in [3.8, 4) is 5.75 Å². The Morgan fingerprint density at radius 1 is 1.53 bits per heavy atom. The molecule has 1 aromatic rings. The first-order valence-corrected chi connectivity index (χ1v) is 5.91. The van der Waals surface area contributed by atoms with E-state index in [1.165, 1.54) is 13.1 Å². The Morgan fingerprint density at radius 2 is 2.26 bits per heavy atom. The molecule has 1 aromatic carbocycles. The fourth-order valence-corrected chi connectivity index (χ4v) is 1.41. The topological polar surface area (TPSA) is 62.2 Å². The highest BCUT2D eigenvalue weighted by Crippen LogP contribution is 2.15. The van der Waals surface area contributed by atoms with Crippen molar-refractivity contribution < 1.29 is 9.53 Å². The molecular weight excluding hydrogens is 240 g/mol. The highest BCUT2D eigenvalue weighted by atomic mass is 16.5. The largest absolute Gasteiger partial charge is 0.482 e. The van der Waals surface area contributed by atoms with Gasteiger partial charge in [0.1, 0.15) is 17.6 Å². The summed E-state index contributed by atoms with van der Waals surface area (Å²) in [6, 6.07) is 7.64. The maximum atomic E-state index is 11.2. The highest BCUT2D eigenvalue weighted by molar-refractivity contribution is 6.41. The summed E-state index contributed by atoms with van der Waals surface area (Å²) in [5.74, 6) is 0.288. The van der Waals surface area contributed by atoms with Crippen molar-refractivity contribution >= 4 is 11.6 Å². The number of nitrogens with one attached hydrogen (secondary N) is 2. The third-order valence-corrected chi connectivity index (χ3v) is 2.42. The lowest BCUT2D eigenvalue weighted by Crippen LogP contribution is -2.25. The molecule has 1 unspecified atom stereocenters. The van der Waals surface area contributed by atoms with Crippen LogP contribution in [-0.2, 0) is 4.79 Å². The maximum Gasteiger partial charge on any atom is 0.268 e. The molecule has 0 heterocycles. The van der Waals surface area contributed by atoms with Crippen LogP contribution in [0.3, 0.4) is 0 Å². The van der Waals surface area contributed by atoms with E-state index in [2.05, 4.69) is 11.9 Å². The van der Waals surface area contributed by atoms with Crippen LogP contribution in [0.15, 0.2) is 49.1 Å². The summed E-state index contributed by atoms with van der Waals surface area (Å²) in [5, 5.41) is 9.87. The van der Waals surface area contributed by atoms with Crippen LogP contribution >= 0.6 is 0 Å². The van der Waals surface area contributed by atoms with Crippen LogP contribution in [-0.4, -0.2) is 24.8 Å². The molecule has 0 saturated heterocycles. The summed E-state index contributed by atoms with van der Waals surface area (Å²) >= 11 is 0. The monoisotopic (exact) mass is 258 g/mol. The molecule has 0 bridgehead atoms. The minimum absolute atomic E-state index is 0.123. The van der Waals surface area contributed by atoms with Gasteiger partial charge in [-0.25, -0.2) is 0 Å². The van der Waals surface area contributed by atoms with Crippen molar-refractivity contribution in [2.24, 2.45) is 0 Å². The van der Waals surface area contributed by atoms with Crippen LogP contribution in [0.5, 0.6) is 5.75 Å². The Labute approximate surface area is 113 Å². The molecule has 4 heteroatoms. The third kappa shape index (κ3) is 4.79. The summed E-state index contributed by atoms with van der Waals surface area (Å²) in [6.07, 6.45) is 4.25. The van der Waals surface area contributed by atoms with E-state index >= 15 is 0 Å². The van der Waals surface area contributed by atoms with Crippen molar-refractivity contribution in [2.75, 3.05) is 7.05 Å². The Hall–Kier alpha value is -2.36. The molecule has 0 aliphatic heterocycles. The molecule has 1 amide bonds. The van der Waals surface area contributed by atoms with Crippen LogP contribution < -0.4 is 10.1 Å². The number of hydrogen-bond acceptors (Lipinski definition) is 3. The second-order valence-electron chi connectivity index (χ2n) is 3.99. The van der Waals surface area contributed by atoms with E-state index in [9.17, 15) is 4.79 Å². The first kappa shape index (κ1) is 14.7. The molecule has 100 valence electrons. The normalized spacial score (nSPS) is 11.9. The number of carbonyl (C=O) groups excluding carboxylic acids is 1. The molecule has 0 fully saturated rings. The van der Waals surface area contributed by atoms with Gasteiger partial charge in [0, 0.05) is 7.05 Å². The van der Waals surface area contributed by atoms with E-state index in [1.807, 2.05) is 31.2 Å². The van der Waals surface area contributed by atoms with Crippen LogP contribution in [0.2, 0.25) is 0 Å². The number of carbonyl (C=O) groups is 1. The zero-order valence-corrected chi connectivity index (χ0v) is 11.1. The summed E-state index contributed by atoms with van der Waals surface area (Å²) in [4.78, 5) is 11.2. The molecule has 0 aliphatic rings. The zero-order chi connectivity index (χ0) is 14.3. The fourth-order valence-electron chi connectivity index (χ4n) is 1.41. The van der Waals surface area contributed by atoms with Crippen molar-refractivity contribution in [3.63, 3.8) is 0 Å². The molecule has 0 aromatic heterocycles. The Bertz CT molecular complexity index is 507. The van der Waals surface area contributed by atoms with Crippen LogP contribution in [0, 0.1) is 12.3 Å². The molecule has 4 nitrogen and oxygen atoms in total. The molecule has 0 spiro atoms. The number of hydrogen-bond donors (Lipinski definition) is 2. The quantitative estimate of drug-likeness (QED) is 0.607. The third-order valence-electron chi connectivity index (χ3n) is 2.42. The van der Waals surface area contributed by atoms with Gasteiger partial charge in [-0.15, -0.1) is 0 Å². The molecule has 0 radical (unpaired) electrons. The standard InChI is InChI=1S/C15H18N2O2/c1-4-12(8-9-14(16)15(18)17-3)19-13-7-5-6-11(2)10-13/h4-10,12,16H,1H2,2-3H3,(H,17,18). The lowest BCUT2D eigenvalue weighted by molar-refractivity contribution is -0.114. The van der Waals surface area contributed by atoms with Gasteiger partial charge in [0.2, 0.25) is 0 Å². The van der Waals surface area contributed by atoms with E-state index < -0.39 is 5.91 Å². The first-order chi connectivity index (χ1) is 9.06. The zero-order valence-electron chi connectivity index (χ0n) is 11.1. The van der Waals surface area contributed by atoms with E-state index in [0.717, 1.165) is 11.3 Å². The molecule has 1 atom stereocenters. The minimum atomic E-state index is -0.436. The van der Waals surface area contributed by atoms with Gasteiger partial charge in [0.15, 0.2) is 0 Å². The molecule has 1 rings (SSSR count). The number of aryl methyl sites for hydroxylation is 1. The summed E-state index contributed by atoms with van der Waals surface area (Å²) < 4.78 is 5.68. The van der Waals surface area contributed by atoms with Gasteiger partial charge < -0.3 is 10.1 Å². The van der Waals surface area contributed by atoms with Crippen LogP contribution in [0.1, 0.15) is 5.56 Å². The van der Waals surface area contributed by atoms with Crippen LogP contribution in [0.25, 0.3) is 0 Å². The fraction of sp³-hybridized carbons (Fsp3) is 0.200. The minimum Gasteiger partial charge on any atom is -0.482 e. The van der Waals surface area contributed by atoms with Crippen molar-refractivity contribution in [1.29, 1.82) is 5.41 Å². The van der Waals surface area contributed by atoms with Crippen molar-refractivity contribution in [2.45, 2.75) is 13.0 Å². The number of ether oxygens (including phenoxy) is 1. The van der Waals surface area contributed by atoms with Gasteiger partial charge >= 0.3 is 0 Å².